The lowest BCUT2D eigenvalue weighted by Gasteiger charge is -2.13. The van der Waals surface area contributed by atoms with Crippen LogP contribution in [-0.2, 0) is 4.74 Å². The number of alkyl halides is 1. The Morgan fingerprint density at radius 3 is 2.67 bits per heavy atom. The summed E-state index contributed by atoms with van der Waals surface area (Å²) in [6.45, 7) is 3.86. The SMILES string of the molecule is COC(C)CNCC(Cl)C1CC1. The van der Waals surface area contributed by atoms with E-state index in [1.54, 1.807) is 7.11 Å². The fourth-order valence-corrected chi connectivity index (χ4v) is 1.49. The second-order valence-electron chi connectivity index (χ2n) is 3.56. The number of halogens is 1. The zero-order chi connectivity index (χ0) is 8.97. The van der Waals surface area contributed by atoms with Crippen molar-refractivity contribution in [3.63, 3.8) is 0 Å². The van der Waals surface area contributed by atoms with E-state index in [0.29, 0.717) is 5.38 Å². The van der Waals surface area contributed by atoms with Crippen LogP contribution in [0.25, 0.3) is 0 Å². The number of ether oxygens (including phenoxy) is 1. The number of nitrogens with one attached hydrogen (secondary N) is 1. The van der Waals surface area contributed by atoms with Crippen molar-refractivity contribution in [2.75, 3.05) is 20.2 Å². The number of methoxy groups -OCH3 is 1. The summed E-state index contributed by atoms with van der Waals surface area (Å²) in [5.74, 6) is 0.775. The van der Waals surface area contributed by atoms with E-state index in [1.165, 1.54) is 12.8 Å². The third-order valence-electron chi connectivity index (χ3n) is 2.31. The average molecular weight is 192 g/mol. The molecule has 12 heavy (non-hydrogen) atoms. The van der Waals surface area contributed by atoms with Crippen molar-refractivity contribution in [1.82, 2.24) is 5.32 Å². The molecule has 0 bridgehead atoms. The molecule has 72 valence electrons. The van der Waals surface area contributed by atoms with Crippen LogP contribution in [0.3, 0.4) is 0 Å². The molecule has 2 nitrogen and oxygen atoms in total. The highest BCUT2D eigenvalue weighted by Crippen LogP contribution is 2.35. The molecule has 0 heterocycles. The minimum Gasteiger partial charge on any atom is -0.380 e. The van der Waals surface area contributed by atoms with Gasteiger partial charge >= 0.3 is 0 Å². The van der Waals surface area contributed by atoms with Gasteiger partial charge in [0.1, 0.15) is 0 Å². The van der Waals surface area contributed by atoms with Crippen LogP contribution in [-0.4, -0.2) is 31.7 Å². The molecule has 1 fully saturated rings. The van der Waals surface area contributed by atoms with Gasteiger partial charge in [-0.2, -0.15) is 0 Å². The van der Waals surface area contributed by atoms with E-state index in [2.05, 4.69) is 5.32 Å². The van der Waals surface area contributed by atoms with E-state index in [0.717, 1.165) is 19.0 Å². The smallest absolute Gasteiger partial charge is 0.0667 e. The largest absolute Gasteiger partial charge is 0.380 e. The average Bonchev–Trinajstić information content (AvgIpc) is 2.86. The van der Waals surface area contributed by atoms with Crippen molar-refractivity contribution in [1.29, 1.82) is 0 Å². The number of hydrogen-bond donors (Lipinski definition) is 1. The fourth-order valence-electron chi connectivity index (χ4n) is 1.13. The van der Waals surface area contributed by atoms with Crippen LogP contribution in [0.15, 0.2) is 0 Å². The summed E-state index contributed by atoms with van der Waals surface area (Å²) in [4.78, 5) is 0. The lowest BCUT2D eigenvalue weighted by Crippen LogP contribution is -2.31. The Bertz CT molecular complexity index is 128. The standard InChI is InChI=1S/C9H18ClNO/c1-7(12-2)5-11-6-9(10)8-3-4-8/h7-9,11H,3-6H2,1-2H3. The van der Waals surface area contributed by atoms with Crippen LogP contribution < -0.4 is 5.32 Å². The molecule has 0 aliphatic heterocycles. The third kappa shape index (κ3) is 3.74. The van der Waals surface area contributed by atoms with Gasteiger partial charge in [-0.25, -0.2) is 0 Å². The van der Waals surface area contributed by atoms with E-state index in [9.17, 15) is 0 Å². The fraction of sp³-hybridized carbons (Fsp3) is 1.00. The van der Waals surface area contributed by atoms with Crippen molar-refractivity contribution in [2.45, 2.75) is 31.2 Å². The summed E-state index contributed by atoms with van der Waals surface area (Å²) in [5.41, 5.74) is 0. The van der Waals surface area contributed by atoms with Gasteiger partial charge in [0.15, 0.2) is 0 Å². The van der Waals surface area contributed by atoms with Crippen LogP contribution in [0, 0.1) is 5.92 Å². The first-order valence-electron chi connectivity index (χ1n) is 4.61. The van der Waals surface area contributed by atoms with Crippen molar-refractivity contribution < 1.29 is 4.74 Å². The second kappa shape index (κ2) is 5.05. The van der Waals surface area contributed by atoms with Crippen LogP contribution in [0.4, 0.5) is 0 Å². The molecule has 0 aromatic carbocycles. The summed E-state index contributed by atoms with van der Waals surface area (Å²) in [6.07, 6.45) is 2.92. The lowest BCUT2D eigenvalue weighted by atomic mass is 10.3. The Labute approximate surface area is 79.6 Å². The minimum absolute atomic E-state index is 0.285. The zero-order valence-corrected chi connectivity index (χ0v) is 8.60. The molecule has 2 atom stereocenters. The predicted octanol–water partition coefficient (Wildman–Crippen LogP) is 1.63. The Morgan fingerprint density at radius 2 is 2.17 bits per heavy atom. The van der Waals surface area contributed by atoms with E-state index < -0.39 is 0 Å². The molecule has 0 amide bonds. The van der Waals surface area contributed by atoms with Gasteiger partial charge in [0.05, 0.1) is 6.10 Å². The maximum atomic E-state index is 6.10. The molecule has 0 spiro atoms. The summed E-state index contributed by atoms with van der Waals surface area (Å²) < 4.78 is 5.10. The highest BCUT2D eigenvalue weighted by atomic mass is 35.5. The van der Waals surface area contributed by atoms with Gasteiger partial charge in [-0.1, -0.05) is 0 Å². The maximum absolute atomic E-state index is 6.10. The molecular weight excluding hydrogens is 174 g/mol. The Morgan fingerprint density at radius 1 is 1.50 bits per heavy atom. The summed E-state index contributed by atoms with van der Waals surface area (Å²) in [6, 6.07) is 0. The predicted molar refractivity (Wildman–Crippen MR) is 51.7 cm³/mol. The molecule has 0 radical (unpaired) electrons. The van der Waals surface area contributed by atoms with Crippen molar-refractivity contribution >= 4 is 11.6 Å². The molecule has 0 saturated heterocycles. The maximum Gasteiger partial charge on any atom is 0.0667 e. The molecule has 0 aromatic rings. The lowest BCUT2D eigenvalue weighted by molar-refractivity contribution is 0.117. The first kappa shape index (κ1) is 10.3. The quantitative estimate of drug-likeness (QED) is 0.645. The first-order valence-corrected chi connectivity index (χ1v) is 5.05. The van der Waals surface area contributed by atoms with E-state index in [-0.39, 0.29) is 6.10 Å². The number of rotatable bonds is 6. The van der Waals surface area contributed by atoms with Crippen molar-refractivity contribution in [3.05, 3.63) is 0 Å². The Balaban J connectivity index is 1.93. The van der Waals surface area contributed by atoms with Crippen molar-refractivity contribution in [3.8, 4) is 0 Å². The van der Waals surface area contributed by atoms with E-state index in [1.807, 2.05) is 6.92 Å². The van der Waals surface area contributed by atoms with Gasteiger partial charge in [-0.05, 0) is 25.7 Å². The Hall–Kier alpha value is 0.210. The second-order valence-corrected chi connectivity index (χ2v) is 4.12. The molecule has 3 heteroatoms. The normalized spacial score (nSPS) is 22.2. The van der Waals surface area contributed by atoms with Crippen molar-refractivity contribution in [2.24, 2.45) is 5.92 Å². The number of hydrogen-bond acceptors (Lipinski definition) is 2. The van der Waals surface area contributed by atoms with Gasteiger partial charge in [-0.3, -0.25) is 0 Å². The molecule has 2 unspecified atom stereocenters. The summed E-state index contributed by atoms with van der Waals surface area (Å²) >= 11 is 6.10. The first-order chi connectivity index (χ1) is 5.74. The van der Waals surface area contributed by atoms with Gasteiger partial charge in [0, 0.05) is 25.6 Å². The topological polar surface area (TPSA) is 21.3 Å². The van der Waals surface area contributed by atoms with Gasteiger partial charge in [0.2, 0.25) is 0 Å². The van der Waals surface area contributed by atoms with Crippen LogP contribution in [0.2, 0.25) is 0 Å². The Kier molecular flexibility index (Phi) is 4.33. The molecule has 1 aliphatic carbocycles. The van der Waals surface area contributed by atoms with E-state index in [4.69, 9.17) is 16.3 Å². The monoisotopic (exact) mass is 191 g/mol. The zero-order valence-electron chi connectivity index (χ0n) is 7.85. The molecule has 1 rings (SSSR count). The molecule has 0 aromatic heterocycles. The van der Waals surface area contributed by atoms with Gasteiger partial charge in [-0.15, -0.1) is 11.6 Å². The molecular formula is C9H18ClNO. The molecule has 1 N–H and O–H groups in total. The van der Waals surface area contributed by atoms with Gasteiger partial charge < -0.3 is 10.1 Å². The van der Waals surface area contributed by atoms with Gasteiger partial charge in [0.25, 0.3) is 0 Å². The molecule has 1 saturated carbocycles. The highest BCUT2D eigenvalue weighted by Gasteiger charge is 2.29. The third-order valence-corrected chi connectivity index (χ3v) is 2.82. The summed E-state index contributed by atoms with van der Waals surface area (Å²) in [5, 5.41) is 3.63. The van der Waals surface area contributed by atoms with E-state index >= 15 is 0 Å². The highest BCUT2D eigenvalue weighted by molar-refractivity contribution is 6.21. The summed E-state index contributed by atoms with van der Waals surface area (Å²) in [7, 11) is 1.73. The van der Waals surface area contributed by atoms with Crippen LogP contribution >= 0.6 is 11.6 Å². The molecule has 1 aliphatic rings. The van der Waals surface area contributed by atoms with Crippen LogP contribution in [0.5, 0.6) is 0 Å². The minimum atomic E-state index is 0.285. The van der Waals surface area contributed by atoms with Crippen LogP contribution in [0.1, 0.15) is 19.8 Å².